The Labute approximate surface area is 318 Å². The van der Waals surface area contributed by atoms with Gasteiger partial charge in [-0.1, -0.05) is 171 Å². The number of nitrogens with two attached hydrogens (primary N) is 2. The highest BCUT2D eigenvalue weighted by Crippen LogP contribution is 2.39. The fourth-order valence-corrected chi connectivity index (χ4v) is 9.27. The Morgan fingerprint density at radius 1 is 0.481 bits per heavy atom. The van der Waals surface area contributed by atoms with Crippen molar-refractivity contribution in [1.29, 1.82) is 0 Å². The molecule has 1 aliphatic rings. The second-order valence-electron chi connectivity index (χ2n) is 16.4. The summed E-state index contributed by atoms with van der Waals surface area (Å²) in [6.45, 7) is 9.06. The lowest BCUT2D eigenvalue weighted by atomic mass is 9.80. The number of aryl methyl sites for hydroxylation is 2. The summed E-state index contributed by atoms with van der Waals surface area (Å²) in [6.07, 6.45) is 23.7. The van der Waals surface area contributed by atoms with Crippen LogP contribution in [0.4, 0.5) is 11.4 Å². The van der Waals surface area contributed by atoms with Crippen LogP contribution in [0.25, 0.3) is 0 Å². The summed E-state index contributed by atoms with van der Waals surface area (Å²) in [5.41, 5.74) is 25.4. The van der Waals surface area contributed by atoms with Gasteiger partial charge in [0, 0.05) is 29.1 Å². The topological polar surface area (TPSA) is 52.0 Å². The molecule has 4 N–H and O–H groups in total. The Hall–Kier alpha value is -3.52. The highest BCUT2D eigenvalue weighted by molar-refractivity contribution is 5.50. The Morgan fingerprint density at radius 3 is 1.29 bits per heavy atom. The van der Waals surface area contributed by atoms with Gasteiger partial charge in [-0.05, 0) is 108 Å². The second kappa shape index (κ2) is 20.6. The standard InChI is InChI=1S/C50H70N2/c1-5-7-9-14-20-49(46-33-31-44(51)35-37(46)3)42-27-23-40(24-28-42)48(22-16-19-39-17-12-11-13-18-39)41-25-29-43(30-26-41)50(21-15-10-8-6-2)47-34-32-45(52)36-38(47)4/h23-36,39,48-50H,5-22,51-52H2,1-4H3. The summed E-state index contributed by atoms with van der Waals surface area (Å²) in [5.74, 6) is 2.14. The first kappa shape index (κ1) is 39.7. The quantitative estimate of drug-likeness (QED) is 0.0713. The Bertz CT molecular complexity index is 1500. The number of benzene rings is 4. The van der Waals surface area contributed by atoms with E-state index in [-0.39, 0.29) is 0 Å². The molecule has 1 saturated carbocycles. The smallest absolute Gasteiger partial charge is 0.0316 e. The minimum absolute atomic E-state index is 0.404. The van der Waals surface area contributed by atoms with E-state index < -0.39 is 0 Å². The van der Waals surface area contributed by atoms with Gasteiger partial charge >= 0.3 is 0 Å². The van der Waals surface area contributed by atoms with E-state index in [9.17, 15) is 0 Å². The average Bonchev–Trinajstić information content (AvgIpc) is 3.15. The van der Waals surface area contributed by atoms with E-state index in [4.69, 9.17) is 11.5 Å². The third-order valence-electron chi connectivity index (χ3n) is 12.3. The molecule has 2 unspecified atom stereocenters. The summed E-state index contributed by atoms with van der Waals surface area (Å²) in [7, 11) is 0. The molecule has 280 valence electrons. The molecule has 0 spiro atoms. The van der Waals surface area contributed by atoms with Gasteiger partial charge in [0.15, 0.2) is 0 Å². The highest BCUT2D eigenvalue weighted by atomic mass is 14.5. The number of unbranched alkanes of at least 4 members (excludes halogenated alkanes) is 6. The normalized spacial score (nSPS) is 15.4. The number of hydrogen-bond acceptors (Lipinski definition) is 2. The van der Waals surface area contributed by atoms with Crippen molar-refractivity contribution in [2.45, 2.75) is 161 Å². The predicted octanol–water partition coefficient (Wildman–Crippen LogP) is 14.6. The van der Waals surface area contributed by atoms with Gasteiger partial charge in [0.1, 0.15) is 0 Å². The molecule has 0 aliphatic heterocycles. The van der Waals surface area contributed by atoms with E-state index in [1.54, 1.807) is 0 Å². The van der Waals surface area contributed by atoms with E-state index in [0.29, 0.717) is 17.8 Å². The van der Waals surface area contributed by atoms with Crippen molar-refractivity contribution in [3.8, 4) is 0 Å². The molecule has 4 aromatic carbocycles. The first-order valence-electron chi connectivity index (χ1n) is 21.3. The van der Waals surface area contributed by atoms with Crippen molar-refractivity contribution >= 4 is 11.4 Å². The first-order valence-corrected chi connectivity index (χ1v) is 21.3. The maximum Gasteiger partial charge on any atom is 0.0316 e. The largest absolute Gasteiger partial charge is 0.399 e. The van der Waals surface area contributed by atoms with E-state index >= 15 is 0 Å². The van der Waals surface area contributed by atoms with Crippen LogP contribution >= 0.6 is 0 Å². The lowest BCUT2D eigenvalue weighted by Gasteiger charge is -2.25. The Morgan fingerprint density at radius 2 is 0.885 bits per heavy atom. The number of nitrogen functional groups attached to an aromatic ring is 2. The molecule has 1 fully saturated rings. The molecule has 52 heavy (non-hydrogen) atoms. The average molecular weight is 699 g/mol. The van der Waals surface area contributed by atoms with E-state index in [2.05, 4.69) is 113 Å². The van der Waals surface area contributed by atoms with Crippen molar-refractivity contribution in [1.82, 2.24) is 0 Å². The first-order chi connectivity index (χ1) is 25.4. The molecule has 2 atom stereocenters. The van der Waals surface area contributed by atoms with Gasteiger partial charge in [0.2, 0.25) is 0 Å². The highest BCUT2D eigenvalue weighted by Gasteiger charge is 2.22. The molecule has 1 aliphatic carbocycles. The van der Waals surface area contributed by atoms with E-state index in [0.717, 1.165) is 17.3 Å². The van der Waals surface area contributed by atoms with E-state index in [1.807, 2.05) is 0 Å². The van der Waals surface area contributed by atoms with Gasteiger partial charge in [-0.25, -0.2) is 0 Å². The van der Waals surface area contributed by atoms with E-state index in [1.165, 1.54) is 160 Å². The minimum atomic E-state index is 0.404. The molecule has 0 bridgehead atoms. The summed E-state index contributed by atoms with van der Waals surface area (Å²) in [4.78, 5) is 0. The zero-order valence-electron chi connectivity index (χ0n) is 33.3. The molecule has 0 radical (unpaired) electrons. The molecule has 2 heteroatoms. The van der Waals surface area contributed by atoms with Gasteiger partial charge in [-0.15, -0.1) is 0 Å². The molecule has 0 amide bonds. The van der Waals surface area contributed by atoms with Crippen molar-refractivity contribution in [3.63, 3.8) is 0 Å². The van der Waals surface area contributed by atoms with Gasteiger partial charge in [-0.3, -0.25) is 0 Å². The van der Waals surface area contributed by atoms with Crippen LogP contribution in [0.2, 0.25) is 0 Å². The lowest BCUT2D eigenvalue weighted by molar-refractivity contribution is 0.328. The van der Waals surface area contributed by atoms with Crippen LogP contribution in [0.15, 0.2) is 84.9 Å². The molecule has 2 nitrogen and oxygen atoms in total. The van der Waals surface area contributed by atoms with Crippen LogP contribution < -0.4 is 11.5 Å². The van der Waals surface area contributed by atoms with Crippen LogP contribution in [0, 0.1) is 19.8 Å². The van der Waals surface area contributed by atoms with Crippen LogP contribution in [-0.4, -0.2) is 0 Å². The summed E-state index contributed by atoms with van der Waals surface area (Å²) >= 11 is 0. The van der Waals surface area contributed by atoms with Gasteiger partial charge < -0.3 is 11.5 Å². The third-order valence-corrected chi connectivity index (χ3v) is 12.3. The minimum Gasteiger partial charge on any atom is -0.399 e. The molecule has 0 aromatic heterocycles. The van der Waals surface area contributed by atoms with Crippen molar-refractivity contribution < 1.29 is 0 Å². The fraction of sp³-hybridized carbons (Fsp3) is 0.520. The molecular formula is C50H70N2. The second-order valence-corrected chi connectivity index (χ2v) is 16.4. The van der Waals surface area contributed by atoms with Crippen LogP contribution in [0.1, 0.15) is 192 Å². The SMILES string of the molecule is CCCCCCC(c1ccc(C(CCCC2CCCCC2)c2ccc(C(CCCCCC)c3ccc(N)cc3C)cc2)cc1)c1ccc(N)cc1C. The number of hydrogen-bond donors (Lipinski definition) is 2. The molecular weight excluding hydrogens is 629 g/mol. The number of anilines is 2. The van der Waals surface area contributed by atoms with Crippen molar-refractivity contribution in [2.75, 3.05) is 11.5 Å². The third kappa shape index (κ3) is 11.2. The van der Waals surface area contributed by atoms with Gasteiger partial charge in [0.25, 0.3) is 0 Å². The van der Waals surface area contributed by atoms with Gasteiger partial charge in [-0.2, -0.15) is 0 Å². The maximum atomic E-state index is 6.20. The molecule has 5 rings (SSSR count). The summed E-state index contributed by atoms with van der Waals surface area (Å²) in [6, 6.07) is 32.7. The molecule has 4 aromatic rings. The lowest BCUT2D eigenvalue weighted by Crippen LogP contribution is -2.09. The number of rotatable bonds is 20. The Kier molecular flexibility index (Phi) is 15.8. The summed E-state index contributed by atoms with van der Waals surface area (Å²) < 4.78 is 0. The summed E-state index contributed by atoms with van der Waals surface area (Å²) in [5, 5.41) is 0. The van der Waals surface area contributed by atoms with Crippen LogP contribution in [0.3, 0.4) is 0 Å². The zero-order chi connectivity index (χ0) is 36.7. The van der Waals surface area contributed by atoms with Crippen molar-refractivity contribution in [2.24, 2.45) is 5.92 Å². The van der Waals surface area contributed by atoms with Crippen molar-refractivity contribution in [3.05, 3.63) is 129 Å². The monoisotopic (exact) mass is 699 g/mol. The predicted molar refractivity (Wildman–Crippen MR) is 228 cm³/mol. The fourth-order valence-electron chi connectivity index (χ4n) is 9.27. The molecule has 0 heterocycles. The van der Waals surface area contributed by atoms with Crippen LogP contribution in [0.5, 0.6) is 0 Å². The maximum absolute atomic E-state index is 6.20. The molecule has 0 saturated heterocycles. The zero-order valence-corrected chi connectivity index (χ0v) is 33.3. The van der Waals surface area contributed by atoms with Gasteiger partial charge in [0.05, 0.1) is 0 Å². The van der Waals surface area contributed by atoms with Crippen LogP contribution in [-0.2, 0) is 0 Å². The Balaban J connectivity index is 1.42.